The molecule has 140 valence electrons. The topological polar surface area (TPSA) is 63.5 Å². The summed E-state index contributed by atoms with van der Waals surface area (Å²) in [7, 11) is 1.94. The van der Waals surface area contributed by atoms with E-state index in [2.05, 4.69) is 53.0 Å². The van der Waals surface area contributed by atoms with Crippen LogP contribution in [0.5, 0.6) is 0 Å². The normalized spacial score (nSPS) is 17.1. The van der Waals surface area contributed by atoms with Crippen LogP contribution < -0.4 is 10.6 Å². The zero-order chi connectivity index (χ0) is 18.2. The Morgan fingerprint density at radius 2 is 1.96 bits per heavy atom. The Morgan fingerprint density at radius 1 is 1.19 bits per heavy atom. The molecule has 1 aliphatic heterocycles. The molecule has 2 aromatic rings. The predicted octanol–water partition coefficient (Wildman–Crippen LogP) is 2.22. The van der Waals surface area contributed by atoms with Crippen LogP contribution in [-0.4, -0.2) is 42.0 Å². The molecule has 1 aromatic carbocycles. The van der Waals surface area contributed by atoms with Crippen molar-refractivity contribution in [3.05, 3.63) is 53.9 Å². The first-order chi connectivity index (χ1) is 12.7. The van der Waals surface area contributed by atoms with E-state index in [4.69, 9.17) is 9.73 Å². The monoisotopic (exact) mass is 355 g/mol. The summed E-state index contributed by atoms with van der Waals surface area (Å²) < 4.78 is 7.48. The molecule has 0 spiro atoms. The number of hydrogen-bond acceptors (Lipinski definition) is 3. The Morgan fingerprint density at radius 3 is 2.62 bits per heavy atom. The van der Waals surface area contributed by atoms with E-state index < -0.39 is 0 Å². The highest BCUT2D eigenvalue weighted by atomic mass is 16.5. The summed E-state index contributed by atoms with van der Waals surface area (Å²) in [4.78, 5) is 4.73. The van der Waals surface area contributed by atoms with E-state index in [-0.39, 0.29) is 5.41 Å². The summed E-state index contributed by atoms with van der Waals surface area (Å²) in [6.45, 7) is 5.98. The lowest BCUT2D eigenvalue weighted by molar-refractivity contribution is 0.0514. The largest absolute Gasteiger partial charge is 0.381 e. The van der Waals surface area contributed by atoms with Crippen molar-refractivity contribution in [2.45, 2.75) is 31.7 Å². The van der Waals surface area contributed by atoms with Crippen LogP contribution in [-0.2, 0) is 23.7 Å². The molecular weight excluding hydrogens is 326 g/mol. The standard InChI is InChI=1S/C20H29N5O/c1-3-21-19(22-15-18-9-12-24-25(18)2)23-16-20(10-13-26-14-11-20)17-7-5-4-6-8-17/h4-9,12H,3,10-11,13-16H2,1-2H3,(H2,21,22,23). The van der Waals surface area contributed by atoms with Crippen molar-refractivity contribution in [1.82, 2.24) is 20.4 Å². The summed E-state index contributed by atoms with van der Waals surface area (Å²) in [5.74, 6) is 0.843. The van der Waals surface area contributed by atoms with E-state index in [1.165, 1.54) is 5.56 Å². The Hall–Kier alpha value is -2.34. The van der Waals surface area contributed by atoms with Gasteiger partial charge in [-0.1, -0.05) is 30.3 Å². The molecule has 0 bridgehead atoms. The molecule has 0 aliphatic carbocycles. The molecule has 1 aliphatic rings. The first-order valence-electron chi connectivity index (χ1n) is 9.36. The molecule has 26 heavy (non-hydrogen) atoms. The van der Waals surface area contributed by atoms with E-state index >= 15 is 0 Å². The Labute approximate surface area is 155 Å². The number of rotatable bonds is 6. The third-order valence-corrected chi connectivity index (χ3v) is 5.10. The van der Waals surface area contributed by atoms with E-state index in [0.717, 1.165) is 50.8 Å². The molecule has 1 saturated heterocycles. The molecule has 6 nitrogen and oxygen atoms in total. The quantitative estimate of drug-likeness (QED) is 0.616. The van der Waals surface area contributed by atoms with E-state index in [9.17, 15) is 0 Å². The number of nitrogens with one attached hydrogen (secondary N) is 2. The fourth-order valence-corrected chi connectivity index (χ4v) is 3.43. The third kappa shape index (κ3) is 4.43. The number of aliphatic imine (C=N–C) groups is 1. The Bertz CT molecular complexity index is 704. The SMILES string of the molecule is CCNC(=NCc1ccnn1C)NCC1(c2ccccc2)CCOCC1. The van der Waals surface area contributed by atoms with Gasteiger partial charge < -0.3 is 15.4 Å². The lowest BCUT2D eigenvalue weighted by Gasteiger charge is -2.38. The van der Waals surface area contributed by atoms with Crippen molar-refractivity contribution >= 4 is 5.96 Å². The van der Waals surface area contributed by atoms with Gasteiger partial charge in [0.2, 0.25) is 0 Å². The number of aromatic nitrogens is 2. The maximum Gasteiger partial charge on any atom is 0.191 e. The first kappa shape index (κ1) is 18.5. The molecule has 1 aromatic heterocycles. The van der Waals surface area contributed by atoms with Gasteiger partial charge in [0.25, 0.3) is 0 Å². The van der Waals surface area contributed by atoms with Gasteiger partial charge in [-0.25, -0.2) is 4.99 Å². The van der Waals surface area contributed by atoms with Crippen molar-refractivity contribution in [3.63, 3.8) is 0 Å². The molecule has 2 heterocycles. The fourth-order valence-electron chi connectivity index (χ4n) is 3.43. The van der Waals surface area contributed by atoms with Crippen LogP contribution in [0.2, 0.25) is 0 Å². The highest BCUT2D eigenvalue weighted by Gasteiger charge is 2.34. The summed E-state index contributed by atoms with van der Waals surface area (Å²) in [6, 6.07) is 12.8. The maximum atomic E-state index is 5.63. The zero-order valence-corrected chi connectivity index (χ0v) is 15.7. The van der Waals surface area contributed by atoms with Gasteiger partial charge in [0, 0.05) is 45.0 Å². The van der Waals surface area contributed by atoms with Gasteiger partial charge in [0.1, 0.15) is 0 Å². The Kier molecular flexibility index (Phi) is 6.28. The number of aryl methyl sites for hydroxylation is 1. The van der Waals surface area contributed by atoms with Crippen LogP contribution >= 0.6 is 0 Å². The van der Waals surface area contributed by atoms with Gasteiger partial charge >= 0.3 is 0 Å². The van der Waals surface area contributed by atoms with Crippen molar-refractivity contribution in [2.24, 2.45) is 12.0 Å². The minimum absolute atomic E-state index is 0.0855. The number of benzene rings is 1. The molecule has 0 amide bonds. The smallest absolute Gasteiger partial charge is 0.191 e. The van der Waals surface area contributed by atoms with Gasteiger partial charge in [-0.05, 0) is 31.4 Å². The first-order valence-corrected chi connectivity index (χ1v) is 9.36. The predicted molar refractivity (Wildman–Crippen MR) is 104 cm³/mol. The average molecular weight is 355 g/mol. The van der Waals surface area contributed by atoms with Crippen LogP contribution in [0.4, 0.5) is 0 Å². The number of ether oxygens (including phenoxy) is 1. The van der Waals surface area contributed by atoms with Gasteiger partial charge in [0.15, 0.2) is 5.96 Å². The second-order valence-electron chi connectivity index (χ2n) is 6.75. The highest BCUT2D eigenvalue weighted by molar-refractivity contribution is 5.79. The van der Waals surface area contributed by atoms with E-state index in [1.54, 1.807) is 6.20 Å². The molecule has 3 rings (SSSR count). The van der Waals surface area contributed by atoms with Gasteiger partial charge in [0.05, 0.1) is 12.2 Å². The van der Waals surface area contributed by atoms with Crippen molar-refractivity contribution in [2.75, 3.05) is 26.3 Å². The van der Waals surface area contributed by atoms with Gasteiger partial charge in [-0.2, -0.15) is 5.10 Å². The van der Waals surface area contributed by atoms with E-state index in [0.29, 0.717) is 6.54 Å². The highest BCUT2D eigenvalue weighted by Crippen LogP contribution is 2.34. The molecule has 0 unspecified atom stereocenters. The molecular formula is C20H29N5O. The van der Waals surface area contributed by atoms with E-state index in [1.807, 2.05) is 17.8 Å². The molecule has 0 saturated carbocycles. The Balaban J connectivity index is 1.72. The van der Waals surface area contributed by atoms with Crippen molar-refractivity contribution in [3.8, 4) is 0 Å². The van der Waals surface area contributed by atoms with Crippen LogP contribution in [0, 0.1) is 0 Å². The average Bonchev–Trinajstić information content (AvgIpc) is 3.10. The number of hydrogen-bond donors (Lipinski definition) is 2. The number of nitrogens with zero attached hydrogens (tertiary/aromatic N) is 3. The fraction of sp³-hybridized carbons (Fsp3) is 0.500. The molecule has 1 fully saturated rings. The van der Waals surface area contributed by atoms with Gasteiger partial charge in [-0.15, -0.1) is 0 Å². The lowest BCUT2D eigenvalue weighted by atomic mass is 9.74. The summed E-state index contributed by atoms with van der Waals surface area (Å²) in [6.07, 6.45) is 3.84. The second-order valence-corrected chi connectivity index (χ2v) is 6.75. The summed E-state index contributed by atoms with van der Waals surface area (Å²) >= 11 is 0. The maximum absolute atomic E-state index is 5.63. The molecule has 2 N–H and O–H groups in total. The van der Waals surface area contributed by atoms with Crippen LogP contribution in [0.15, 0.2) is 47.6 Å². The molecule has 6 heteroatoms. The minimum Gasteiger partial charge on any atom is -0.381 e. The lowest BCUT2D eigenvalue weighted by Crippen LogP contribution is -2.48. The van der Waals surface area contributed by atoms with Gasteiger partial charge in [-0.3, -0.25) is 4.68 Å². The molecule has 0 atom stereocenters. The van der Waals surface area contributed by atoms with Crippen molar-refractivity contribution < 1.29 is 4.74 Å². The zero-order valence-electron chi connectivity index (χ0n) is 15.7. The third-order valence-electron chi connectivity index (χ3n) is 5.10. The summed E-state index contributed by atoms with van der Waals surface area (Å²) in [5, 5.41) is 11.1. The second kappa shape index (κ2) is 8.85. The van der Waals surface area contributed by atoms with Crippen LogP contribution in [0.25, 0.3) is 0 Å². The minimum atomic E-state index is 0.0855. The number of guanidine groups is 1. The van der Waals surface area contributed by atoms with Crippen LogP contribution in [0.1, 0.15) is 31.0 Å². The summed E-state index contributed by atoms with van der Waals surface area (Å²) in [5.41, 5.74) is 2.55. The van der Waals surface area contributed by atoms with Crippen LogP contribution in [0.3, 0.4) is 0 Å². The van der Waals surface area contributed by atoms with Crippen molar-refractivity contribution in [1.29, 1.82) is 0 Å². The molecule has 0 radical (unpaired) electrons.